The lowest BCUT2D eigenvalue weighted by atomic mass is 9.94. The molecule has 2 N–H and O–H groups in total. The lowest BCUT2D eigenvalue weighted by molar-refractivity contribution is -0.383. The van der Waals surface area contributed by atoms with Crippen LogP contribution in [-0.4, -0.2) is 29.5 Å². The van der Waals surface area contributed by atoms with Crippen molar-refractivity contribution in [2.75, 3.05) is 23.9 Å². The molecule has 0 saturated heterocycles. The Labute approximate surface area is 123 Å². The lowest BCUT2D eigenvalue weighted by Crippen LogP contribution is -2.34. The second-order valence-electron chi connectivity index (χ2n) is 5.02. The number of nitrogens with one attached hydrogen (secondary N) is 2. The van der Waals surface area contributed by atoms with Gasteiger partial charge in [-0.3, -0.25) is 10.1 Å². The molecule has 1 aromatic carbocycles. The summed E-state index contributed by atoms with van der Waals surface area (Å²) in [5.74, 6) is 0. The van der Waals surface area contributed by atoms with E-state index in [0.717, 1.165) is 6.42 Å². The molecule has 1 aromatic rings. The Morgan fingerprint density at radius 2 is 2.00 bits per heavy atom. The maximum atomic E-state index is 11.3. The normalized spacial score (nSPS) is 22.3. The van der Waals surface area contributed by atoms with Gasteiger partial charge in [0, 0.05) is 18.3 Å². The second kappa shape index (κ2) is 6.83. The molecule has 2 rings (SSSR count). The summed E-state index contributed by atoms with van der Waals surface area (Å²) in [6, 6.07) is 5.68. The fourth-order valence-corrected chi connectivity index (χ4v) is 3.74. The van der Waals surface area contributed by atoms with Crippen molar-refractivity contribution in [3.8, 4) is 0 Å². The van der Waals surface area contributed by atoms with Gasteiger partial charge in [0.1, 0.15) is 11.4 Å². The molecule has 6 heteroatoms. The molecule has 110 valence electrons. The molecule has 1 saturated carbocycles. The van der Waals surface area contributed by atoms with Gasteiger partial charge in [0.15, 0.2) is 0 Å². The Morgan fingerprint density at radius 3 is 2.65 bits per heavy atom. The Balaban J connectivity index is 2.26. The maximum Gasteiger partial charge on any atom is 0.315 e. The van der Waals surface area contributed by atoms with Crippen LogP contribution in [0.2, 0.25) is 0 Å². The number of nitrogens with zero attached hydrogens (tertiary/aromatic N) is 1. The van der Waals surface area contributed by atoms with E-state index in [9.17, 15) is 10.1 Å². The molecule has 1 aliphatic carbocycles. The lowest BCUT2D eigenvalue weighted by Gasteiger charge is -2.31. The highest BCUT2D eigenvalue weighted by atomic mass is 32.2. The summed E-state index contributed by atoms with van der Waals surface area (Å²) < 4.78 is 0. The molecule has 0 aromatic heterocycles. The molecule has 1 fully saturated rings. The minimum atomic E-state index is -0.314. The third-order valence-corrected chi connectivity index (χ3v) is 5.00. The molecule has 0 spiro atoms. The van der Waals surface area contributed by atoms with Crippen LogP contribution in [0, 0.1) is 10.1 Å². The Kier molecular flexibility index (Phi) is 5.11. The van der Waals surface area contributed by atoms with E-state index in [4.69, 9.17) is 0 Å². The van der Waals surface area contributed by atoms with Crippen LogP contribution in [0.15, 0.2) is 18.2 Å². The Bertz CT molecular complexity index is 481. The van der Waals surface area contributed by atoms with Crippen molar-refractivity contribution in [3.05, 3.63) is 28.3 Å². The molecule has 2 unspecified atom stereocenters. The molecule has 20 heavy (non-hydrogen) atoms. The van der Waals surface area contributed by atoms with Gasteiger partial charge in [0.25, 0.3) is 0 Å². The molecule has 0 aliphatic heterocycles. The first kappa shape index (κ1) is 15.0. The van der Waals surface area contributed by atoms with E-state index >= 15 is 0 Å². The van der Waals surface area contributed by atoms with Crippen molar-refractivity contribution in [2.24, 2.45) is 0 Å². The van der Waals surface area contributed by atoms with Gasteiger partial charge in [-0.05, 0) is 31.2 Å². The Hall–Kier alpha value is -1.43. The minimum absolute atomic E-state index is 0.139. The number of rotatable bonds is 5. The molecule has 0 heterocycles. The van der Waals surface area contributed by atoms with Crippen LogP contribution in [0.1, 0.15) is 25.7 Å². The van der Waals surface area contributed by atoms with Crippen molar-refractivity contribution in [3.63, 3.8) is 0 Å². The van der Waals surface area contributed by atoms with Gasteiger partial charge in [-0.1, -0.05) is 18.9 Å². The van der Waals surface area contributed by atoms with E-state index < -0.39 is 0 Å². The van der Waals surface area contributed by atoms with Crippen molar-refractivity contribution in [1.29, 1.82) is 0 Å². The molecule has 0 bridgehead atoms. The zero-order chi connectivity index (χ0) is 14.5. The van der Waals surface area contributed by atoms with Crippen LogP contribution < -0.4 is 10.6 Å². The monoisotopic (exact) mass is 295 g/mol. The molecule has 0 amide bonds. The van der Waals surface area contributed by atoms with Gasteiger partial charge < -0.3 is 10.6 Å². The SMILES string of the molecule is CNc1cccc(NC2CCCCC2SC)c1[N+](=O)[O-]. The molecule has 2 atom stereocenters. The van der Waals surface area contributed by atoms with Crippen LogP contribution in [-0.2, 0) is 0 Å². The van der Waals surface area contributed by atoms with Crippen LogP contribution in [0.5, 0.6) is 0 Å². The highest BCUT2D eigenvalue weighted by molar-refractivity contribution is 7.99. The number of benzene rings is 1. The predicted molar refractivity (Wildman–Crippen MR) is 85.8 cm³/mol. The smallest absolute Gasteiger partial charge is 0.315 e. The van der Waals surface area contributed by atoms with Gasteiger partial charge in [0.05, 0.1) is 4.92 Å². The van der Waals surface area contributed by atoms with Crippen LogP contribution in [0.25, 0.3) is 0 Å². The number of nitro groups is 1. The molecule has 5 nitrogen and oxygen atoms in total. The zero-order valence-corrected chi connectivity index (χ0v) is 12.7. The molecular formula is C14H21N3O2S. The number of anilines is 2. The van der Waals surface area contributed by atoms with E-state index in [1.165, 1.54) is 19.3 Å². The summed E-state index contributed by atoms with van der Waals surface area (Å²) >= 11 is 1.85. The molecular weight excluding hydrogens is 274 g/mol. The average Bonchev–Trinajstić information content (AvgIpc) is 2.47. The van der Waals surface area contributed by atoms with Gasteiger partial charge >= 0.3 is 5.69 Å². The first-order chi connectivity index (χ1) is 9.67. The summed E-state index contributed by atoms with van der Waals surface area (Å²) in [6.07, 6.45) is 6.81. The molecule has 1 aliphatic rings. The van der Waals surface area contributed by atoms with Crippen molar-refractivity contribution < 1.29 is 4.92 Å². The van der Waals surface area contributed by atoms with Gasteiger partial charge in [-0.2, -0.15) is 11.8 Å². The average molecular weight is 295 g/mol. The first-order valence-electron chi connectivity index (χ1n) is 6.92. The van der Waals surface area contributed by atoms with Crippen molar-refractivity contribution in [2.45, 2.75) is 37.0 Å². The summed E-state index contributed by atoms with van der Waals surface area (Å²) in [4.78, 5) is 11.0. The topological polar surface area (TPSA) is 67.2 Å². The van der Waals surface area contributed by atoms with Gasteiger partial charge in [-0.15, -0.1) is 0 Å². The van der Waals surface area contributed by atoms with E-state index in [2.05, 4.69) is 16.9 Å². The number of para-hydroxylation sites is 1. The maximum absolute atomic E-state index is 11.3. The van der Waals surface area contributed by atoms with E-state index in [-0.39, 0.29) is 10.6 Å². The number of thioether (sulfide) groups is 1. The fourth-order valence-electron chi connectivity index (χ4n) is 2.80. The van der Waals surface area contributed by atoms with Crippen molar-refractivity contribution >= 4 is 28.8 Å². The highest BCUT2D eigenvalue weighted by Crippen LogP contribution is 2.36. The van der Waals surface area contributed by atoms with Gasteiger partial charge in [-0.25, -0.2) is 0 Å². The highest BCUT2D eigenvalue weighted by Gasteiger charge is 2.27. The predicted octanol–water partition coefficient (Wildman–Crippen LogP) is 3.72. The number of hydrogen-bond acceptors (Lipinski definition) is 5. The van der Waals surface area contributed by atoms with E-state index in [1.807, 2.05) is 17.8 Å². The van der Waals surface area contributed by atoms with E-state index in [1.54, 1.807) is 19.2 Å². The van der Waals surface area contributed by atoms with Crippen molar-refractivity contribution in [1.82, 2.24) is 0 Å². The fraction of sp³-hybridized carbons (Fsp3) is 0.571. The second-order valence-corrected chi connectivity index (χ2v) is 6.10. The summed E-state index contributed by atoms with van der Waals surface area (Å²) in [5.41, 5.74) is 1.31. The van der Waals surface area contributed by atoms with Crippen LogP contribution >= 0.6 is 11.8 Å². The minimum Gasteiger partial charge on any atom is -0.382 e. The third-order valence-electron chi connectivity index (χ3n) is 3.83. The standard InChI is InChI=1S/C14H21N3O2S/c1-15-11-7-5-8-12(14(11)17(18)19)16-10-6-3-4-9-13(10)20-2/h5,7-8,10,13,15-16H,3-4,6,9H2,1-2H3. The van der Waals surface area contributed by atoms with Crippen LogP contribution in [0.4, 0.5) is 17.1 Å². The number of hydrogen-bond donors (Lipinski definition) is 2. The molecule has 0 radical (unpaired) electrons. The first-order valence-corrected chi connectivity index (χ1v) is 8.20. The quantitative estimate of drug-likeness (QED) is 0.640. The number of nitro benzene ring substituents is 1. The summed E-state index contributed by atoms with van der Waals surface area (Å²) in [6.45, 7) is 0. The van der Waals surface area contributed by atoms with E-state index in [0.29, 0.717) is 22.7 Å². The zero-order valence-electron chi connectivity index (χ0n) is 11.9. The summed E-state index contributed by atoms with van der Waals surface area (Å²) in [5, 5.41) is 18.1. The largest absolute Gasteiger partial charge is 0.382 e. The van der Waals surface area contributed by atoms with Crippen LogP contribution in [0.3, 0.4) is 0 Å². The van der Waals surface area contributed by atoms with Gasteiger partial charge in [0.2, 0.25) is 0 Å². The summed E-state index contributed by atoms with van der Waals surface area (Å²) in [7, 11) is 1.71. The Morgan fingerprint density at radius 1 is 1.30 bits per heavy atom. The third kappa shape index (κ3) is 3.17.